The highest BCUT2D eigenvalue weighted by molar-refractivity contribution is 7.09. The van der Waals surface area contributed by atoms with Gasteiger partial charge >= 0.3 is 0 Å². The molecule has 3 rings (SSSR count). The second kappa shape index (κ2) is 5.85. The van der Waals surface area contributed by atoms with E-state index in [1.165, 1.54) is 41.1 Å². The Labute approximate surface area is 118 Å². The third kappa shape index (κ3) is 2.72. The van der Waals surface area contributed by atoms with Crippen molar-refractivity contribution < 1.29 is 0 Å². The largest absolute Gasteiger partial charge is 0.311 e. The lowest BCUT2D eigenvalue weighted by Crippen LogP contribution is -2.14. The van der Waals surface area contributed by atoms with E-state index >= 15 is 0 Å². The Morgan fingerprint density at radius 3 is 3.16 bits per heavy atom. The maximum absolute atomic E-state index is 4.82. The van der Waals surface area contributed by atoms with Gasteiger partial charge in [0.05, 0.1) is 5.69 Å². The van der Waals surface area contributed by atoms with E-state index in [0.29, 0.717) is 5.92 Å². The predicted octanol–water partition coefficient (Wildman–Crippen LogP) is 3.72. The minimum Gasteiger partial charge on any atom is -0.311 e. The van der Waals surface area contributed by atoms with E-state index in [-0.39, 0.29) is 0 Å². The van der Waals surface area contributed by atoms with Crippen molar-refractivity contribution in [1.82, 2.24) is 10.3 Å². The first-order valence-electron chi connectivity index (χ1n) is 7.11. The van der Waals surface area contributed by atoms with Crippen LogP contribution in [-0.4, -0.2) is 11.5 Å². The number of nitrogens with one attached hydrogen (secondary N) is 1. The third-order valence-corrected chi connectivity index (χ3v) is 4.74. The monoisotopic (exact) mass is 272 g/mol. The van der Waals surface area contributed by atoms with Crippen LogP contribution in [0.15, 0.2) is 29.6 Å². The SMILES string of the molecule is CCCNCc1csc(C2CCc3ccccc32)n1. The van der Waals surface area contributed by atoms with Gasteiger partial charge in [-0.2, -0.15) is 0 Å². The lowest BCUT2D eigenvalue weighted by molar-refractivity contribution is 0.662. The van der Waals surface area contributed by atoms with E-state index < -0.39 is 0 Å². The van der Waals surface area contributed by atoms with Crippen LogP contribution < -0.4 is 5.32 Å². The first kappa shape index (κ1) is 12.8. The number of aromatic nitrogens is 1. The molecule has 0 aliphatic heterocycles. The van der Waals surface area contributed by atoms with E-state index in [2.05, 4.69) is 41.9 Å². The second-order valence-electron chi connectivity index (χ2n) is 5.14. The summed E-state index contributed by atoms with van der Waals surface area (Å²) in [4.78, 5) is 4.82. The van der Waals surface area contributed by atoms with E-state index in [1.54, 1.807) is 0 Å². The zero-order chi connectivity index (χ0) is 13.1. The van der Waals surface area contributed by atoms with Gasteiger partial charge in [-0.3, -0.25) is 0 Å². The smallest absolute Gasteiger partial charge is 0.100 e. The molecule has 0 radical (unpaired) electrons. The van der Waals surface area contributed by atoms with Crippen molar-refractivity contribution in [2.24, 2.45) is 0 Å². The second-order valence-corrected chi connectivity index (χ2v) is 6.03. The van der Waals surface area contributed by atoms with Gasteiger partial charge in [-0.25, -0.2) is 4.98 Å². The summed E-state index contributed by atoms with van der Waals surface area (Å²) in [6.07, 6.45) is 3.59. The molecule has 0 saturated heterocycles. The van der Waals surface area contributed by atoms with Crippen LogP contribution in [0, 0.1) is 0 Å². The number of thiazole rings is 1. The number of rotatable bonds is 5. The Hall–Kier alpha value is -1.19. The van der Waals surface area contributed by atoms with Crippen LogP contribution in [0.4, 0.5) is 0 Å². The highest BCUT2D eigenvalue weighted by Crippen LogP contribution is 2.38. The van der Waals surface area contributed by atoms with Gasteiger partial charge < -0.3 is 5.32 Å². The summed E-state index contributed by atoms with van der Waals surface area (Å²) in [5.74, 6) is 0.529. The van der Waals surface area contributed by atoms with Gasteiger partial charge in [-0.05, 0) is 36.9 Å². The molecule has 1 aliphatic rings. The summed E-state index contributed by atoms with van der Waals surface area (Å²) in [7, 11) is 0. The maximum Gasteiger partial charge on any atom is 0.100 e. The van der Waals surface area contributed by atoms with E-state index in [1.807, 2.05) is 11.3 Å². The summed E-state index contributed by atoms with van der Waals surface area (Å²) >= 11 is 1.82. The number of benzene rings is 1. The van der Waals surface area contributed by atoms with Gasteiger partial charge in [-0.15, -0.1) is 11.3 Å². The van der Waals surface area contributed by atoms with Crippen molar-refractivity contribution in [3.05, 3.63) is 51.5 Å². The van der Waals surface area contributed by atoms with Gasteiger partial charge in [0, 0.05) is 17.8 Å². The molecule has 1 aromatic carbocycles. The summed E-state index contributed by atoms with van der Waals surface area (Å²) in [5, 5.41) is 6.92. The molecule has 0 saturated carbocycles. The van der Waals surface area contributed by atoms with E-state index in [0.717, 1.165) is 13.1 Å². The fourth-order valence-electron chi connectivity index (χ4n) is 2.77. The van der Waals surface area contributed by atoms with E-state index in [4.69, 9.17) is 4.98 Å². The summed E-state index contributed by atoms with van der Waals surface area (Å²) in [5.41, 5.74) is 4.19. The van der Waals surface area contributed by atoms with Crippen molar-refractivity contribution in [2.75, 3.05) is 6.54 Å². The van der Waals surface area contributed by atoms with Crippen LogP contribution in [-0.2, 0) is 13.0 Å². The predicted molar refractivity (Wildman–Crippen MR) is 80.7 cm³/mol. The first-order chi connectivity index (χ1) is 9.38. The van der Waals surface area contributed by atoms with Crippen molar-refractivity contribution in [2.45, 2.75) is 38.6 Å². The molecule has 1 atom stereocenters. The van der Waals surface area contributed by atoms with Crippen molar-refractivity contribution in [1.29, 1.82) is 0 Å². The molecular weight excluding hydrogens is 252 g/mol. The molecule has 1 N–H and O–H groups in total. The third-order valence-electron chi connectivity index (χ3n) is 3.73. The molecule has 0 bridgehead atoms. The molecule has 0 fully saturated rings. The highest BCUT2D eigenvalue weighted by Gasteiger charge is 2.25. The molecule has 0 spiro atoms. The molecule has 1 unspecified atom stereocenters. The molecular formula is C16H20N2S. The van der Waals surface area contributed by atoms with Crippen LogP contribution in [0.3, 0.4) is 0 Å². The van der Waals surface area contributed by atoms with Crippen LogP contribution in [0.1, 0.15) is 47.5 Å². The van der Waals surface area contributed by atoms with Crippen molar-refractivity contribution in [3.8, 4) is 0 Å². The molecule has 19 heavy (non-hydrogen) atoms. The fraction of sp³-hybridized carbons (Fsp3) is 0.438. The Bertz CT molecular complexity index is 547. The van der Waals surface area contributed by atoms with Gasteiger partial charge in [0.1, 0.15) is 5.01 Å². The lowest BCUT2D eigenvalue weighted by Gasteiger charge is -2.07. The maximum atomic E-state index is 4.82. The molecule has 2 nitrogen and oxygen atoms in total. The quantitative estimate of drug-likeness (QED) is 0.839. The van der Waals surface area contributed by atoms with Gasteiger partial charge in [0.25, 0.3) is 0 Å². The number of fused-ring (bicyclic) bond motifs is 1. The number of aryl methyl sites for hydroxylation is 1. The summed E-state index contributed by atoms with van der Waals surface area (Å²) < 4.78 is 0. The number of hydrogen-bond acceptors (Lipinski definition) is 3. The molecule has 0 amide bonds. The average molecular weight is 272 g/mol. The van der Waals surface area contributed by atoms with Crippen LogP contribution in [0.5, 0.6) is 0 Å². The summed E-state index contributed by atoms with van der Waals surface area (Å²) in [6.45, 7) is 4.16. The minimum absolute atomic E-state index is 0.529. The number of hydrogen-bond donors (Lipinski definition) is 1. The van der Waals surface area contributed by atoms with Crippen LogP contribution in [0.2, 0.25) is 0 Å². The highest BCUT2D eigenvalue weighted by atomic mass is 32.1. The van der Waals surface area contributed by atoms with Gasteiger partial charge in [0.2, 0.25) is 0 Å². The fourth-order valence-corrected chi connectivity index (χ4v) is 3.74. The molecule has 1 aliphatic carbocycles. The zero-order valence-corrected chi connectivity index (χ0v) is 12.2. The normalized spacial score (nSPS) is 17.6. The van der Waals surface area contributed by atoms with Gasteiger partial charge in [-0.1, -0.05) is 31.2 Å². The Morgan fingerprint density at radius 2 is 2.26 bits per heavy atom. The van der Waals surface area contributed by atoms with Crippen molar-refractivity contribution in [3.63, 3.8) is 0 Å². The Morgan fingerprint density at radius 1 is 1.37 bits per heavy atom. The molecule has 1 heterocycles. The van der Waals surface area contributed by atoms with Crippen LogP contribution >= 0.6 is 11.3 Å². The summed E-state index contributed by atoms with van der Waals surface area (Å²) in [6, 6.07) is 8.81. The molecule has 3 heteroatoms. The standard InChI is InChI=1S/C16H20N2S/c1-2-9-17-10-13-11-19-16(18-13)15-8-7-12-5-3-4-6-14(12)15/h3-6,11,15,17H,2,7-10H2,1H3. The van der Waals surface area contributed by atoms with Gasteiger partial charge in [0.15, 0.2) is 0 Å². The molecule has 100 valence electrons. The minimum atomic E-state index is 0.529. The zero-order valence-electron chi connectivity index (χ0n) is 11.4. The van der Waals surface area contributed by atoms with Crippen LogP contribution in [0.25, 0.3) is 0 Å². The lowest BCUT2D eigenvalue weighted by atomic mass is 10.0. The first-order valence-corrected chi connectivity index (χ1v) is 7.99. The molecule has 1 aromatic heterocycles. The average Bonchev–Trinajstić information content (AvgIpc) is 3.05. The topological polar surface area (TPSA) is 24.9 Å². The molecule has 2 aromatic rings. The van der Waals surface area contributed by atoms with Crippen molar-refractivity contribution >= 4 is 11.3 Å². The Kier molecular flexibility index (Phi) is 3.95. The van der Waals surface area contributed by atoms with E-state index in [9.17, 15) is 0 Å². The Balaban J connectivity index is 1.74. The number of nitrogens with zero attached hydrogens (tertiary/aromatic N) is 1.